The average molecular weight is 224 g/mol. The first kappa shape index (κ1) is 7.99. The van der Waals surface area contributed by atoms with Gasteiger partial charge in [0.05, 0.1) is 6.04 Å². The van der Waals surface area contributed by atoms with Crippen molar-refractivity contribution < 1.29 is 0 Å². The van der Waals surface area contributed by atoms with Crippen LogP contribution < -0.4 is 0 Å². The molecule has 0 N–H and O–H groups in total. The first-order chi connectivity index (χ1) is 5.81. The second-order valence-electron chi connectivity index (χ2n) is 2.98. The molecule has 1 unspecified atom stereocenters. The quantitative estimate of drug-likeness (QED) is 0.693. The number of hydrogen-bond acceptors (Lipinski definition) is 1. The Bertz CT molecular complexity index is 331. The van der Waals surface area contributed by atoms with Crippen molar-refractivity contribution in [3.8, 4) is 0 Å². The van der Waals surface area contributed by atoms with Gasteiger partial charge in [0.2, 0.25) is 0 Å². The van der Waals surface area contributed by atoms with E-state index in [4.69, 9.17) is 0 Å². The van der Waals surface area contributed by atoms with Gasteiger partial charge in [0.1, 0.15) is 0 Å². The van der Waals surface area contributed by atoms with Gasteiger partial charge in [-0.15, -0.1) is 0 Å². The number of aliphatic imine (C=N–C) groups is 1. The highest BCUT2D eigenvalue weighted by Gasteiger charge is 2.15. The van der Waals surface area contributed by atoms with Crippen molar-refractivity contribution in [3.05, 3.63) is 33.8 Å². The predicted molar refractivity (Wildman–Crippen MR) is 54.8 cm³/mol. The zero-order valence-electron chi connectivity index (χ0n) is 6.92. The largest absolute Gasteiger partial charge is 0.284 e. The summed E-state index contributed by atoms with van der Waals surface area (Å²) in [4.78, 5) is 4.42. The summed E-state index contributed by atoms with van der Waals surface area (Å²) in [6, 6.07) is 6.75. The monoisotopic (exact) mass is 223 g/mol. The molecule has 1 aliphatic heterocycles. The number of hydrogen-bond donors (Lipinski definition) is 0. The molecule has 1 heterocycles. The van der Waals surface area contributed by atoms with Gasteiger partial charge in [0.25, 0.3) is 0 Å². The Morgan fingerprint density at radius 2 is 2.33 bits per heavy atom. The van der Waals surface area contributed by atoms with E-state index in [0.717, 1.165) is 10.9 Å². The van der Waals surface area contributed by atoms with Gasteiger partial charge in [-0.2, -0.15) is 0 Å². The minimum absolute atomic E-state index is 0.396. The lowest BCUT2D eigenvalue weighted by atomic mass is 10.0. The van der Waals surface area contributed by atoms with Crippen molar-refractivity contribution in [2.45, 2.75) is 19.4 Å². The topological polar surface area (TPSA) is 12.4 Å². The van der Waals surface area contributed by atoms with Gasteiger partial charge in [-0.1, -0.05) is 28.9 Å². The summed E-state index contributed by atoms with van der Waals surface area (Å²) in [5, 5.41) is 0. The van der Waals surface area contributed by atoms with Crippen LogP contribution in [0, 0.1) is 0 Å². The third-order valence-electron chi connectivity index (χ3n) is 2.19. The van der Waals surface area contributed by atoms with Crippen molar-refractivity contribution in [1.82, 2.24) is 0 Å². The fourth-order valence-corrected chi connectivity index (χ4v) is 1.92. The van der Waals surface area contributed by atoms with E-state index in [9.17, 15) is 0 Å². The molecule has 1 aliphatic rings. The second-order valence-corrected chi connectivity index (χ2v) is 3.89. The first-order valence-corrected chi connectivity index (χ1v) is 4.93. The molecule has 0 bridgehead atoms. The molecule has 0 amide bonds. The van der Waals surface area contributed by atoms with Crippen molar-refractivity contribution in [2.75, 3.05) is 0 Å². The molecule has 0 fully saturated rings. The van der Waals surface area contributed by atoms with Gasteiger partial charge < -0.3 is 0 Å². The zero-order chi connectivity index (χ0) is 8.55. The molecule has 1 atom stereocenters. The standard InChI is InChI=1S/C10H10BrN/c1-2-10-9-4-3-8(11)5-7(9)6-12-10/h3-6,10H,2H2,1H3. The molecule has 2 rings (SSSR count). The minimum Gasteiger partial charge on any atom is -0.284 e. The Morgan fingerprint density at radius 3 is 3.08 bits per heavy atom. The maximum absolute atomic E-state index is 4.42. The summed E-state index contributed by atoms with van der Waals surface area (Å²) < 4.78 is 1.13. The number of halogens is 1. The fraction of sp³-hybridized carbons (Fsp3) is 0.300. The van der Waals surface area contributed by atoms with Crippen LogP contribution in [0.5, 0.6) is 0 Å². The van der Waals surface area contributed by atoms with E-state index >= 15 is 0 Å². The van der Waals surface area contributed by atoms with Crippen molar-refractivity contribution >= 4 is 22.1 Å². The van der Waals surface area contributed by atoms with Gasteiger partial charge in [-0.3, -0.25) is 4.99 Å². The van der Waals surface area contributed by atoms with Gasteiger partial charge in [0.15, 0.2) is 0 Å². The van der Waals surface area contributed by atoms with Gasteiger partial charge in [-0.05, 0) is 29.7 Å². The van der Waals surface area contributed by atoms with Crippen molar-refractivity contribution in [3.63, 3.8) is 0 Å². The summed E-state index contributed by atoms with van der Waals surface area (Å²) in [7, 11) is 0. The minimum atomic E-state index is 0.396. The summed E-state index contributed by atoms with van der Waals surface area (Å²) >= 11 is 3.45. The number of rotatable bonds is 1. The molecule has 12 heavy (non-hydrogen) atoms. The lowest BCUT2D eigenvalue weighted by molar-refractivity contribution is 0.717. The predicted octanol–water partition coefficient (Wildman–Crippen LogP) is 3.33. The van der Waals surface area contributed by atoms with Crippen molar-refractivity contribution in [1.29, 1.82) is 0 Å². The van der Waals surface area contributed by atoms with Crippen LogP contribution in [0.4, 0.5) is 0 Å². The molecule has 0 radical (unpaired) electrons. The van der Waals surface area contributed by atoms with Gasteiger partial charge in [0, 0.05) is 10.7 Å². The number of nitrogens with zero attached hydrogens (tertiary/aromatic N) is 1. The average Bonchev–Trinajstić information content (AvgIpc) is 2.46. The summed E-state index contributed by atoms with van der Waals surface area (Å²) in [6.07, 6.45) is 3.05. The highest BCUT2D eigenvalue weighted by molar-refractivity contribution is 9.10. The van der Waals surface area contributed by atoms with Gasteiger partial charge in [-0.25, -0.2) is 0 Å². The van der Waals surface area contributed by atoms with E-state index in [-0.39, 0.29) is 0 Å². The summed E-state index contributed by atoms with van der Waals surface area (Å²) in [5.41, 5.74) is 2.62. The van der Waals surface area contributed by atoms with E-state index in [0.29, 0.717) is 6.04 Å². The van der Waals surface area contributed by atoms with E-state index in [1.54, 1.807) is 0 Å². The Labute approximate surface area is 80.6 Å². The van der Waals surface area contributed by atoms with Crippen LogP contribution in [0.15, 0.2) is 27.7 Å². The van der Waals surface area contributed by atoms with E-state index < -0.39 is 0 Å². The van der Waals surface area contributed by atoms with Crippen LogP contribution in [-0.2, 0) is 0 Å². The lowest BCUT2D eigenvalue weighted by Gasteiger charge is -2.05. The van der Waals surface area contributed by atoms with E-state index in [2.05, 4.69) is 46.0 Å². The summed E-state index contributed by atoms with van der Waals surface area (Å²) in [5.74, 6) is 0. The van der Waals surface area contributed by atoms with Crippen LogP contribution in [0.25, 0.3) is 0 Å². The fourth-order valence-electron chi connectivity index (χ4n) is 1.54. The Balaban J connectivity index is 2.47. The maximum Gasteiger partial charge on any atom is 0.0752 e. The molecule has 0 aliphatic carbocycles. The van der Waals surface area contributed by atoms with Crippen LogP contribution >= 0.6 is 15.9 Å². The molecule has 1 aromatic carbocycles. The Morgan fingerprint density at radius 1 is 1.50 bits per heavy atom. The lowest BCUT2D eigenvalue weighted by Crippen LogP contribution is -1.90. The summed E-state index contributed by atoms with van der Waals surface area (Å²) in [6.45, 7) is 2.17. The Kier molecular flexibility index (Phi) is 2.01. The highest BCUT2D eigenvalue weighted by Crippen LogP contribution is 2.30. The third-order valence-corrected chi connectivity index (χ3v) is 2.68. The first-order valence-electron chi connectivity index (χ1n) is 4.14. The molecule has 0 aromatic heterocycles. The normalized spacial score (nSPS) is 19.7. The molecule has 1 aromatic rings. The smallest absolute Gasteiger partial charge is 0.0752 e. The Hall–Kier alpha value is -0.630. The SMILES string of the molecule is CCC1N=Cc2cc(Br)ccc21. The maximum atomic E-state index is 4.42. The highest BCUT2D eigenvalue weighted by atomic mass is 79.9. The number of benzene rings is 1. The molecule has 0 saturated carbocycles. The molecule has 62 valence electrons. The molecule has 0 spiro atoms. The van der Waals surface area contributed by atoms with E-state index in [1.165, 1.54) is 11.1 Å². The molecule has 2 heteroatoms. The van der Waals surface area contributed by atoms with Crippen molar-refractivity contribution in [2.24, 2.45) is 4.99 Å². The second kappa shape index (κ2) is 3.02. The van der Waals surface area contributed by atoms with Gasteiger partial charge >= 0.3 is 0 Å². The van der Waals surface area contributed by atoms with Crippen LogP contribution in [0.1, 0.15) is 30.5 Å². The molecular weight excluding hydrogens is 214 g/mol. The molecule has 1 nitrogen and oxygen atoms in total. The van der Waals surface area contributed by atoms with Crippen LogP contribution in [-0.4, -0.2) is 6.21 Å². The van der Waals surface area contributed by atoms with Crippen LogP contribution in [0.2, 0.25) is 0 Å². The zero-order valence-corrected chi connectivity index (χ0v) is 8.51. The molecule has 0 saturated heterocycles. The molecular formula is C10H10BrN. The van der Waals surface area contributed by atoms with E-state index in [1.807, 2.05) is 6.21 Å². The third kappa shape index (κ3) is 1.20. The van der Waals surface area contributed by atoms with Crippen LogP contribution in [0.3, 0.4) is 0 Å². The number of fused-ring (bicyclic) bond motifs is 1.